The van der Waals surface area contributed by atoms with Gasteiger partial charge in [-0.2, -0.15) is 0 Å². The van der Waals surface area contributed by atoms with Crippen LogP contribution >= 0.6 is 11.3 Å². The number of thiophene rings is 1. The second kappa shape index (κ2) is 9.39. The zero-order chi connectivity index (χ0) is 22.7. The van der Waals surface area contributed by atoms with Crippen molar-refractivity contribution in [2.24, 2.45) is 0 Å². The van der Waals surface area contributed by atoms with Gasteiger partial charge in [-0.25, -0.2) is 0 Å². The summed E-state index contributed by atoms with van der Waals surface area (Å²) < 4.78 is 14.8. The highest BCUT2D eigenvalue weighted by Crippen LogP contribution is 2.26. The maximum Gasteiger partial charge on any atom is 0.272 e. The largest absolute Gasteiger partial charge is 0.497 e. The van der Waals surface area contributed by atoms with Crippen molar-refractivity contribution in [3.05, 3.63) is 45.8 Å². The normalized spacial score (nSPS) is 11.2. The van der Waals surface area contributed by atoms with Crippen molar-refractivity contribution in [3.63, 3.8) is 0 Å². The van der Waals surface area contributed by atoms with Crippen molar-refractivity contribution in [1.29, 1.82) is 0 Å². The lowest BCUT2D eigenvalue weighted by Gasteiger charge is -2.10. The molecule has 1 aromatic carbocycles. The Morgan fingerprint density at radius 1 is 1.16 bits per heavy atom. The van der Waals surface area contributed by atoms with Crippen molar-refractivity contribution in [1.82, 2.24) is 19.2 Å². The summed E-state index contributed by atoms with van der Waals surface area (Å²) in [5.74, 6) is 2.38. The van der Waals surface area contributed by atoms with E-state index in [0.717, 1.165) is 17.8 Å². The minimum absolute atomic E-state index is 0.0311. The fourth-order valence-electron chi connectivity index (χ4n) is 3.68. The van der Waals surface area contributed by atoms with E-state index >= 15 is 0 Å². The van der Waals surface area contributed by atoms with Gasteiger partial charge in [-0.3, -0.25) is 18.6 Å². The van der Waals surface area contributed by atoms with Crippen molar-refractivity contribution < 1.29 is 14.3 Å². The van der Waals surface area contributed by atoms with Crippen LogP contribution in [-0.4, -0.2) is 39.3 Å². The number of hydrogen-bond acceptors (Lipinski definition) is 7. The summed E-state index contributed by atoms with van der Waals surface area (Å²) in [6.07, 6.45) is 2.29. The van der Waals surface area contributed by atoms with Crippen LogP contribution in [0.2, 0.25) is 0 Å². The Kier molecular flexibility index (Phi) is 6.40. The number of hydrogen-bond donors (Lipinski definition) is 1. The van der Waals surface area contributed by atoms with Crippen LogP contribution in [0.3, 0.4) is 0 Å². The molecule has 1 amide bonds. The topological polar surface area (TPSA) is 99.8 Å². The molecule has 32 heavy (non-hydrogen) atoms. The van der Waals surface area contributed by atoms with Gasteiger partial charge in [-0.15, -0.1) is 21.5 Å². The first kappa shape index (κ1) is 21.8. The van der Waals surface area contributed by atoms with Gasteiger partial charge in [0.15, 0.2) is 0 Å². The van der Waals surface area contributed by atoms with Crippen LogP contribution in [0.4, 0.5) is 5.69 Å². The third-order valence-electron chi connectivity index (χ3n) is 5.17. The number of fused-ring (bicyclic) bond motifs is 3. The van der Waals surface area contributed by atoms with Gasteiger partial charge < -0.3 is 14.8 Å². The van der Waals surface area contributed by atoms with E-state index in [1.54, 1.807) is 37.0 Å². The first-order valence-corrected chi connectivity index (χ1v) is 11.3. The first-order chi connectivity index (χ1) is 15.5. The number of aryl methyl sites for hydroxylation is 2. The third kappa shape index (κ3) is 4.18. The third-order valence-corrected chi connectivity index (χ3v) is 6.06. The summed E-state index contributed by atoms with van der Waals surface area (Å²) in [5.41, 5.74) is 1.40. The van der Waals surface area contributed by atoms with Gasteiger partial charge in [0, 0.05) is 43.3 Å². The van der Waals surface area contributed by atoms with E-state index in [-0.39, 0.29) is 11.5 Å². The number of nitrogens with one attached hydrogen (secondary N) is 1. The number of benzene rings is 1. The highest BCUT2D eigenvalue weighted by molar-refractivity contribution is 7.17. The summed E-state index contributed by atoms with van der Waals surface area (Å²) in [4.78, 5) is 25.3. The molecule has 0 saturated carbocycles. The molecule has 0 radical (unpaired) electrons. The molecule has 9 nitrogen and oxygen atoms in total. The molecule has 0 fully saturated rings. The Morgan fingerprint density at radius 3 is 2.59 bits per heavy atom. The van der Waals surface area contributed by atoms with E-state index in [4.69, 9.17) is 9.47 Å². The monoisotopic (exact) mass is 455 g/mol. The number of methoxy groups -OCH3 is 2. The molecule has 0 spiro atoms. The number of aromatic nitrogens is 4. The molecule has 4 aromatic rings. The number of ether oxygens (including phenoxy) is 2. The summed E-state index contributed by atoms with van der Waals surface area (Å²) in [5, 5.41) is 13.4. The Hall–Kier alpha value is -3.40. The van der Waals surface area contributed by atoms with E-state index in [1.165, 1.54) is 11.3 Å². The number of carbonyl (C=O) groups excluding carboxylic acids is 1. The summed E-state index contributed by atoms with van der Waals surface area (Å²) >= 11 is 1.42. The maximum absolute atomic E-state index is 12.8. The first-order valence-electron chi connectivity index (χ1n) is 10.4. The van der Waals surface area contributed by atoms with Crippen molar-refractivity contribution >= 4 is 38.9 Å². The molecule has 0 saturated heterocycles. The average Bonchev–Trinajstić information content (AvgIpc) is 3.43. The molecule has 3 heterocycles. The fraction of sp³-hybridized carbons (Fsp3) is 0.364. The molecule has 1 N–H and O–H groups in total. The van der Waals surface area contributed by atoms with Crippen LogP contribution in [0.5, 0.6) is 11.5 Å². The van der Waals surface area contributed by atoms with Gasteiger partial charge in [0.2, 0.25) is 11.7 Å². The predicted molar refractivity (Wildman–Crippen MR) is 124 cm³/mol. The minimum atomic E-state index is -0.113. The van der Waals surface area contributed by atoms with Crippen LogP contribution in [0.1, 0.15) is 32.0 Å². The molecular weight excluding hydrogens is 430 g/mol. The van der Waals surface area contributed by atoms with E-state index in [0.29, 0.717) is 53.5 Å². The molecule has 168 valence electrons. The van der Waals surface area contributed by atoms with E-state index in [1.807, 2.05) is 22.8 Å². The number of anilines is 1. The fourth-order valence-corrected chi connectivity index (χ4v) is 4.50. The Balaban J connectivity index is 1.49. The second-order valence-corrected chi connectivity index (χ2v) is 8.26. The molecule has 0 aliphatic heterocycles. The minimum Gasteiger partial charge on any atom is -0.497 e. The van der Waals surface area contributed by atoms with Gasteiger partial charge >= 0.3 is 0 Å². The van der Waals surface area contributed by atoms with Crippen molar-refractivity contribution in [3.8, 4) is 11.5 Å². The lowest BCUT2D eigenvalue weighted by Crippen LogP contribution is -2.22. The lowest BCUT2D eigenvalue weighted by molar-refractivity contribution is -0.116. The van der Waals surface area contributed by atoms with Gasteiger partial charge in [0.05, 0.1) is 19.7 Å². The van der Waals surface area contributed by atoms with Crippen LogP contribution in [0.15, 0.2) is 34.4 Å². The molecule has 0 bridgehead atoms. The van der Waals surface area contributed by atoms with Crippen molar-refractivity contribution in [2.45, 2.75) is 39.2 Å². The van der Waals surface area contributed by atoms with Gasteiger partial charge in [0.1, 0.15) is 22.0 Å². The Labute approximate surface area is 188 Å². The van der Waals surface area contributed by atoms with E-state index < -0.39 is 0 Å². The van der Waals surface area contributed by atoms with Gasteiger partial charge in [-0.1, -0.05) is 6.92 Å². The van der Waals surface area contributed by atoms with Crippen LogP contribution < -0.4 is 20.3 Å². The SMILES string of the molecule is CCCn1c(=O)c2sccc2n2c(CCCC(=O)Nc3cc(OC)cc(OC)c3)nnc12. The molecule has 4 rings (SSSR count). The van der Waals surface area contributed by atoms with Crippen LogP contribution in [0, 0.1) is 0 Å². The number of carbonyl (C=O) groups is 1. The van der Waals surface area contributed by atoms with E-state index in [9.17, 15) is 9.59 Å². The lowest BCUT2D eigenvalue weighted by atomic mass is 10.2. The second-order valence-electron chi connectivity index (χ2n) is 7.35. The highest BCUT2D eigenvalue weighted by Gasteiger charge is 2.17. The number of rotatable bonds is 9. The van der Waals surface area contributed by atoms with Crippen molar-refractivity contribution in [2.75, 3.05) is 19.5 Å². The standard InChI is InChI=1S/C22H25N5O4S/c1-4-9-26-21(29)20-17(8-10-32-20)27-18(24-25-22(26)27)6-5-7-19(28)23-14-11-15(30-2)13-16(12-14)31-3/h8,10-13H,4-7,9H2,1-3H3,(H,23,28). The molecule has 0 aliphatic carbocycles. The van der Waals surface area contributed by atoms with Gasteiger partial charge in [0.25, 0.3) is 5.56 Å². The quantitative estimate of drug-likeness (QED) is 0.415. The van der Waals surface area contributed by atoms with E-state index in [2.05, 4.69) is 15.5 Å². The number of nitrogens with zero attached hydrogens (tertiary/aromatic N) is 4. The summed E-state index contributed by atoms with van der Waals surface area (Å²) in [6, 6.07) is 7.15. The zero-order valence-corrected chi connectivity index (χ0v) is 19.1. The molecule has 3 aromatic heterocycles. The highest BCUT2D eigenvalue weighted by atomic mass is 32.1. The average molecular weight is 456 g/mol. The predicted octanol–water partition coefficient (Wildman–Crippen LogP) is 3.49. The summed E-state index contributed by atoms with van der Waals surface area (Å²) in [7, 11) is 3.13. The molecule has 10 heteroatoms. The smallest absolute Gasteiger partial charge is 0.272 e. The molecular formula is C22H25N5O4S. The van der Waals surface area contributed by atoms with Crippen LogP contribution in [-0.2, 0) is 17.8 Å². The van der Waals surface area contributed by atoms with Gasteiger partial charge in [-0.05, 0) is 24.3 Å². The Morgan fingerprint density at radius 2 is 1.91 bits per heavy atom. The molecule has 0 unspecified atom stereocenters. The zero-order valence-electron chi connectivity index (χ0n) is 18.3. The van der Waals surface area contributed by atoms with Crippen LogP contribution in [0.25, 0.3) is 16.0 Å². The number of amides is 1. The molecule has 0 aliphatic rings. The summed E-state index contributed by atoms with van der Waals surface area (Å²) in [6.45, 7) is 2.61. The molecule has 0 atom stereocenters. The Bertz CT molecular complexity index is 1300. The maximum atomic E-state index is 12.8.